The fraction of sp³-hybridized carbons (Fsp3) is 0.786. The Hall–Kier alpha value is -0.450. The molecule has 18 heavy (non-hydrogen) atoms. The predicted octanol–water partition coefficient (Wildman–Crippen LogP) is 3.31. The molecule has 1 saturated heterocycles. The Bertz CT molecular complexity index is 347. The van der Waals surface area contributed by atoms with Crippen molar-refractivity contribution in [3.05, 3.63) is 16.1 Å². The zero-order valence-corrected chi connectivity index (χ0v) is 12.3. The van der Waals surface area contributed by atoms with Crippen molar-refractivity contribution in [1.29, 1.82) is 0 Å². The van der Waals surface area contributed by atoms with Gasteiger partial charge in [0.15, 0.2) is 0 Å². The van der Waals surface area contributed by atoms with Gasteiger partial charge in [0.1, 0.15) is 0 Å². The largest absolute Gasteiger partial charge is 0.381 e. The van der Waals surface area contributed by atoms with Crippen LogP contribution in [0.3, 0.4) is 0 Å². The second-order valence-electron chi connectivity index (χ2n) is 5.09. The van der Waals surface area contributed by atoms with Crippen molar-refractivity contribution >= 4 is 11.3 Å². The Morgan fingerprint density at radius 2 is 2.28 bits per heavy atom. The lowest BCUT2D eigenvalue weighted by Gasteiger charge is -2.26. The van der Waals surface area contributed by atoms with Crippen LogP contribution in [0.25, 0.3) is 0 Å². The van der Waals surface area contributed by atoms with Crippen LogP contribution in [0.5, 0.6) is 0 Å². The number of rotatable bonds is 6. The van der Waals surface area contributed by atoms with Crippen LogP contribution in [0.4, 0.5) is 0 Å². The topological polar surface area (TPSA) is 34.1 Å². The van der Waals surface area contributed by atoms with Gasteiger partial charge in [0.05, 0.1) is 16.7 Å². The van der Waals surface area contributed by atoms with Gasteiger partial charge in [0.25, 0.3) is 0 Å². The summed E-state index contributed by atoms with van der Waals surface area (Å²) in [6.07, 6.45) is 4.78. The maximum Gasteiger partial charge on any atom is 0.0898 e. The summed E-state index contributed by atoms with van der Waals surface area (Å²) < 4.78 is 5.44. The summed E-state index contributed by atoms with van der Waals surface area (Å²) in [5.41, 5.74) is 1.23. The molecule has 3 nitrogen and oxygen atoms in total. The smallest absolute Gasteiger partial charge is 0.0898 e. The Morgan fingerprint density at radius 1 is 1.50 bits per heavy atom. The third kappa shape index (κ3) is 4.04. The zero-order valence-electron chi connectivity index (χ0n) is 11.4. The number of aryl methyl sites for hydroxylation is 1. The van der Waals surface area contributed by atoms with Gasteiger partial charge in [-0.3, -0.25) is 0 Å². The van der Waals surface area contributed by atoms with Gasteiger partial charge in [-0.1, -0.05) is 6.92 Å². The van der Waals surface area contributed by atoms with Crippen molar-refractivity contribution < 1.29 is 4.74 Å². The Kier molecular flexibility index (Phi) is 5.60. The number of nitrogens with zero attached hydrogens (tertiary/aromatic N) is 1. The van der Waals surface area contributed by atoms with Gasteiger partial charge < -0.3 is 10.1 Å². The minimum absolute atomic E-state index is 0.429. The molecule has 4 heteroatoms. The minimum atomic E-state index is 0.429. The molecule has 0 bridgehead atoms. The van der Waals surface area contributed by atoms with E-state index in [1.54, 1.807) is 11.3 Å². The van der Waals surface area contributed by atoms with E-state index < -0.39 is 0 Å². The van der Waals surface area contributed by atoms with Crippen LogP contribution in [0.15, 0.2) is 5.38 Å². The number of hydrogen-bond acceptors (Lipinski definition) is 4. The molecule has 102 valence electrons. The molecule has 0 aromatic carbocycles. The summed E-state index contributed by atoms with van der Waals surface area (Å²) in [7, 11) is 0. The Balaban J connectivity index is 1.95. The Labute approximate surface area is 114 Å². The molecule has 0 spiro atoms. The highest BCUT2D eigenvalue weighted by molar-refractivity contribution is 7.09. The van der Waals surface area contributed by atoms with E-state index in [9.17, 15) is 0 Å². The fourth-order valence-corrected chi connectivity index (χ4v) is 3.15. The lowest BCUT2D eigenvalue weighted by molar-refractivity contribution is 0.0604. The predicted molar refractivity (Wildman–Crippen MR) is 76.0 cm³/mol. The van der Waals surface area contributed by atoms with E-state index >= 15 is 0 Å². The second-order valence-corrected chi connectivity index (χ2v) is 6.15. The minimum Gasteiger partial charge on any atom is -0.381 e. The highest BCUT2D eigenvalue weighted by atomic mass is 32.1. The molecular formula is C14H24N2OS. The quantitative estimate of drug-likeness (QED) is 0.859. The lowest BCUT2D eigenvalue weighted by Crippen LogP contribution is -2.27. The van der Waals surface area contributed by atoms with Crippen LogP contribution >= 0.6 is 11.3 Å². The maximum absolute atomic E-state index is 5.44. The summed E-state index contributed by atoms with van der Waals surface area (Å²) >= 11 is 1.75. The third-order valence-electron chi connectivity index (χ3n) is 3.54. The van der Waals surface area contributed by atoms with Crippen molar-refractivity contribution in [3.8, 4) is 0 Å². The van der Waals surface area contributed by atoms with Crippen LogP contribution < -0.4 is 5.32 Å². The van der Waals surface area contributed by atoms with Crippen molar-refractivity contribution in [2.75, 3.05) is 19.8 Å². The van der Waals surface area contributed by atoms with E-state index in [4.69, 9.17) is 4.74 Å². The zero-order chi connectivity index (χ0) is 12.8. The van der Waals surface area contributed by atoms with Crippen LogP contribution in [0, 0.1) is 12.8 Å². The first-order chi connectivity index (χ1) is 8.79. The molecule has 0 amide bonds. The average Bonchev–Trinajstić information content (AvgIpc) is 2.82. The summed E-state index contributed by atoms with van der Waals surface area (Å²) in [6, 6.07) is 0.429. The average molecular weight is 268 g/mol. The fourth-order valence-electron chi connectivity index (χ4n) is 2.48. The van der Waals surface area contributed by atoms with Crippen LogP contribution in [0.1, 0.15) is 49.4 Å². The van der Waals surface area contributed by atoms with Crippen molar-refractivity contribution in [3.63, 3.8) is 0 Å². The van der Waals surface area contributed by atoms with E-state index in [0.29, 0.717) is 6.04 Å². The number of ether oxygens (including phenoxy) is 1. The van der Waals surface area contributed by atoms with Crippen LogP contribution in [-0.4, -0.2) is 24.7 Å². The first kappa shape index (κ1) is 14.0. The molecule has 1 aliphatic rings. The van der Waals surface area contributed by atoms with Crippen molar-refractivity contribution in [1.82, 2.24) is 10.3 Å². The van der Waals surface area contributed by atoms with E-state index in [1.165, 1.54) is 36.4 Å². The number of aromatic nitrogens is 1. The molecule has 1 aromatic heterocycles. The molecule has 2 heterocycles. The molecule has 1 aromatic rings. The summed E-state index contributed by atoms with van der Waals surface area (Å²) in [6.45, 7) is 7.23. The molecule has 1 aliphatic heterocycles. The summed E-state index contributed by atoms with van der Waals surface area (Å²) in [5.74, 6) is 0.787. The molecule has 2 rings (SSSR count). The van der Waals surface area contributed by atoms with Gasteiger partial charge in [0.2, 0.25) is 0 Å². The van der Waals surface area contributed by atoms with Gasteiger partial charge in [-0.15, -0.1) is 11.3 Å². The van der Waals surface area contributed by atoms with Gasteiger partial charge >= 0.3 is 0 Å². The van der Waals surface area contributed by atoms with Gasteiger partial charge in [0, 0.05) is 18.6 Å². The van der Waals surface area contributed by atoms with Crippen molar-refractivity contribution in [2.24, 2.45) is 5.92 Å². The number of nitrogens with one attached hydrogen (secondary N) is 1. The van der Waals surface area contributed by atoms with Gasteiger partial charge in [-0.05, 0) is 45.1 Å². The maximum atomic E-state index is 5.44. The standard InChI is InChI=1S/C14H24N2OS/c1-3-6-15-13(14-10-18-11(2)16-14)9-12-4-7-17-8-5-12/h10,12-13,15H,3-9H2,1-2H3. The van der Waals surface area contributed by atoms with E-state index in [1.807, 2.05) is 0 Å². The van der Waals surface area contributed by atoms with Crippen LogP contribution in [0.2, 0.25) is 0 Å². The summed E-state index contributed by atoms with van der Waals surface area (Å²) in [5, 5.41) is 7.03. The van der Waals surface area contributed by atoms with Crippen LogP contribution in [-0.2, 0) is 4.74 Å². The molecule has 1 unspecified atom stereocenters. The monoisotopic (exact) mass is 268 g/mol. The Morgan fingerprint density at radius 3 is 2.89 bits per heavy atom. The van der Waals surface area contributed by atoms with Gasteiger partial charge in [-0.25, -0.2) is 4.98 Å². The number of hydrogen-bond donors (Lipinski definition) is 1. The van der Waals surface area contributed by atoms with E-state index in [0.717, 1.165) is 25.7 Å². The van der Waals surface area contributed by atoms with E-state index in [2.05, 4.69) is 29.5 Å². The van der Waals surface area contributed by atoms with E-state index in [-0.39, 0.29) is 0 Å². The normalized spacial score (nSPS) is 19.0. The molecular weight excluding hydrogens is 244 g/mol. The molecule has 0 aliphatic carbocycles. The molecule has 1 fully saturated rings. The molecule has 1 N–H and O–H groups in total. The SMILES string of the molecule is CCCNC(CC1CCOCC1)c1csc(C)n1. The lowest BCUT2D eigenvalue weighted by atomic mass is 9.91. The third-order valence-corrected chi connectivity index (χ3v) is 4.34. The van der Waals surface area contributed by atoms with Gasteiger partial charge in [-0.2, -0.15) is 0 Å². The number of thiazole rings is 1. The summed E-state index contributed by atoms with van der Waals surface area (Å²) in [4.78, 5) is 4.65. The molecule has 0 radical (unpaired) electrons. The molecule has 1 atom stereocenters. The first-order valence-electron chi connectivity index (χ1n) is 7.02. The molecule has 0 saturated carbocycles. The highest BCUT2D eigenvalue weighted by Gasteiger charge is 2.21. The first-order valence-corrected chi connectivity index (χ1v) is 7.90. The second kappa shape index (κ2) is 7.22. The highest BCUT2D eigenvalue weighted by Crippen LogP contribution is 2.28. The van der Waals surface area contributed by atoms with Crippen molar-refractivity contribution in [2.45, 2.75) is 45.6 Å².